The summed E-state index contributed by atoms with van der Waals surface area (Å²) in [5.74, 6) is -0.0526. The molecule has 3 unspecified atom stereocenters. The van der Waals surface area contributed by atoms with Crippen molar-refractivity contribution in [2.45, 2.75) is 52.7 Å². The predicted molar refractivity (Wildman–Crippen MR) is 88.8 cm³/mol. The summed E-state index contributed by atoms with van der Waals surface area (Å²) in [6.45, 7) is 8.44. The third-order valence-corrected chi connectivity index (χ3v) is 4.73. The van der Waals surface area contributed by atoms with E-state index < -0.39 is 6.10 Å². The second-order valence-electron chi connectivity index (χ2n) is 6.73. The molecule has 0 radical (unpaired) electrons. The fourth-order valence-corrected chi connectivity index (χ4v) is 3.18. The number of hydrogen-bond acceptors (Lipinski definition) is 2. The maximum Gasteiger partial charge on any atom is 0.317 e. The van der Waals surface area contributed by atoms with Crippen molar-refractivity contribution in [2.75, 3.05) is 13.1 Å². The van der Waals surface area contributed by atoms with Crippen molar-refractivity contribution in [1.82, 2.24) is 10.2 Å². The van der Waals surface area contributed by atoms with E-state index in [1.807, 2.05) is 6.92 Å². The van der Waals surface area contributed by atoms with Crippen LogP contribution in [0.25, 0.3) is 0 Å². The number of urea groups is 1. The standard InChI is InChI=1S/C18H27FN2O2/c1-11-8-16(9-12(2)17(11)19)13(3)20-18(23)21-7-5-6-15(10-21)14(4)22/h8-9,13-15,22H,5-7,10H2,1-4H3,(H,20,23). The molecule has 0 saturated carbocycles. The number of aliphatic hydroxyl groups excluding tert-OH is 1. The molecule has 23 heavy (non-hydrogen) atoms. The Bertz CT molecular complexity index is 551. The van der Waals surface area contributed by atoms with E-state index in [0.29, 0.717) is 24.2 Å². The molecule has 2 rings (SSSR count). The number of benzene rings is 1. The highest BCUT2D eigenvalue weighted by Gasteiger charge is 2.27. The minimum Gasteiger partial charge on any atom is -0.393 e. The number of hydrogen-bond donors (Lipinski definition) is 2. The van der Waals surface area contributed by atoms with E-state index in [1.165, 1.54) is 0 Å². The summed E-state index contributed by atoms with van der Waals surface area (Å²) >= 11 is 0. The normalized spacial score (nSPS) is 21.0. The highest BCUT2D eigenvalue weighted by atomic mass is 19.1. The lowest BCUT2D eigenvalue weighted by molar-refractivity contribution is 0.0734. The minimum atomic E-state index is -0.398. The molecule has 1 aliphatic heterocycles. The molecule has 0 bridgehead atoms. The van der Waals surface area contributed by atoms with E-state index in [1.54, 1.807) is 37.8 Å². The second kappa shape index (κ2) is 7.30. The maximum absolute atomic E-state index is 13.7. The van der Waals surface area contributed by atoms with Crippen LogP contribution in [0, 0.1) is 25.6 Å². The topological polar surface area (TPSA) is 52.6 Å². The first kappa shape index (κ1) is 17.7. The summed E-state index contributed by atoms with van der Waals surface area (Å²) < 4.78 is 13.7. The van der Waals surface area contributed by atoms with Crippen LogP contribution in [0.15, 0.2) is 12.1 Å². The monoisotopic (exact) mass is 322 g/mol. The van der Waals surface area contributed by atoms with Gasteiger partial charge in [0, 0.05) is 19.0 Å². The fourth-order valence-electron chi connectivity index (χ4n) is 3.18. The molecule has 1 aliphatic rings. The molecule has 1 fully saturated rings. The Morgan fingerprint density at radius 1 is 1.35 bits per heavy atom. The van der Waals surface area contributed by atoms with Crippen LogP contribution in [0.4, 0.5) is 9.18 Å². The number of aryl methyl sites for hydroxylation is 2. The number of nitrogens with zero attached hydrogens (tertiary/aromatic N) is 1. The molecular formula is C18H27FN2O2. The highest BCUT2D eigenvalue weighted by molar-refractivity contribution is 5.74. The smallest absolute Gasteiger partial charge is 0.317 e. The predicted octanol–water partition coefficient (Wildman–Crippen LogP) is 3.31. The van der Waals surface area contributed by atoms with E-state index in [0.717, 1.165) is 18.4 Å². The molecule has 5 heteroatoms. The number of rotatable bonds is 3. The number of likely N-dealkylation sites (tertiary alicyclic amines) is 1. The van der Waals surface area contributed by atoms with Crippen molar-refractivity contribution < 1.29 is 14.3 Å². The number of piperidine rings is 1. The van der Waals surface area contributed by atoms with Gasteiger partial charge in [0.15, 0.2) is 0 Å². The van der Waals surface area contributed by atoms with E-state index >= 15 is 0 Å². The third-order valence-electron chi connectivity index (χ3n) is 4.73. The van der Waals surface area contributed by atoms with E-state index in [4.69, 9.17) is 0 Å². The molecule has 2 amide bonds. The highest BCUT2D eigenvalue weighted by Crippen LogP contribution is 2.22. The average molecular weight is 322 g/mol. The molecule has 0 aromatic heterocycles. The van der Waals surface area contributed by atoms with Crippen molar-refractivity contribution in [3.05, 3.63) is 34.6 Å². The van der Waals surface area contributed by atoms with Crippen LogP contribution in [0.3, 0.4) is 0 Å². The Morgan fingerprint density at radius 2 is 1.96 bits per heavy atom. The zero-order valence-electron chi connectivity index (χ0n) is 14.4. The lowest BCUT2D eigenvalue weighted by Gasteiger charge is -2.34. The van der Waals surface area contributed by atoms with Gasteiger partial charge in [0.05, 0.1) is 12.1 Å². The van der Waals surface area contributed by atoms with Gasteiger partial charge >= 0.3 is 6.03 Å². The van der Waals surface area contributed by atoms with Crippen LogP contribution in [0.5, 0.6) is 0 Å². The largest absolute Gasteiger partial charge is 0.393 e. The van der Waals surface area contributed by atoms with E-state index in [9.17, 15) is 14.3 Å². The SMILES string of the molecule is Cc1cc(C(C)NC(=O)N2CCCC(C(C)O)C2)cc(C)c1F. The maximum atomic E-state index is 13.7. The molecule has 1 aromatic rings. The first-order valence-electron chi connectivity index (χ1n) is 8.29. The Labute approximate surface area is 137 Å². The van der Waals surface area contributed by atoms with Gasteiger partial charge in [-0.2, -0.15) is 0 Å². The van der Waals surface area contributed by atoms with Gasteiger partial charge in [-0.1, -0.05) is 12.1 Å². The molecule has 2 N–H and O–H groups in total. The van der Waals surface area contributed by atoms with Crippen molar-refractivity contribution in [1.29, 1.82) is 0 Å². The third kappa shape index (κ3) is 4.22. The van der Waals surface area contributed by atoms with Gasteiger partial charge in [0.2, 0.25) is 0 Å². The molecular weight excluding hydrogens is 295 g/mol. The van der Waals surface area contributed by atoms with Crippen molar-refractivity contribution in [2.24, 2.45) is 5.92 Å². The number of carbonyl (C=O) groups is 1. The summed E-state index contributed by atoms with van der Waals surface area (Å²) in [5.41, 5.74) is 2.08. The lowest BCUT2D eigenvalue weighted by Crippen LogP contribution is -2.47. The fraction of sp³-hybridized carbons (Fsp3) is 0.611. The second-order valence-corrected chi connectivity index (χ2v) is 6.73. The van der Waals surface area contributed by atoms with E-state index in [2.05, 4.69) is 5.32 Å². The van der Waals surface area contributed by atoms with Crippen LogP contribution in [0.1, 0.15) is 49.4 Å². The van der Waals surface area contributed by atoms with Gasteiger partial charge in [-0.15, -0.1) is 0 Å². The molecule has 1 heterocycles. The van der Waals surface area contributed by atoms with Crippen molar-refractivity contribution in [3.63, 3.8) is 0 Å². The van der Waals surface area contributed by atoms with Gasteiger partial charge in [0.1, 0.15) is 5.82 Å². The molecule has 1 aromatic carbocycles. The first-order chi connectivity index (χ1) is 10.8. The summed E-state index contributed by atoms with van der Waals surface area (Å²) in [6.07, 6.45) is 1.46. The zero-order valence-corrected chi connectivity index (χ0v) is 14.4. The van der Waals surface area contributed by atoms with E-state index in [-0.39, 0.29) is 23.8 Å². The first-order valence-corrected chi connectivity index (χ1v) is 8.29. The number of halogens is 1. The summed E-state index contributed by atoms with van der Waals surface area (Å²) in [6, 6.07) is 3.25. The number of nitrogens with one attached hydrogen (secondary N) is 1. The van der Waals surface area contributed by atoms with Crippen LogP contribution >= 0.6 is 0 Å². The average Bonchev–Trinajstić information content (AvgIpc) is 2.52. The Hall–Kier alpha value is -1.62. The summed E-state index contributed by atoms with van der Waals surface area (Å²) in [5, 5.41) is 12.7. The van der Waals surface area contributed by atoms with Crippen molar-refractivity contribution >= 4 is 6.03 Å². The molecule has 0 spiro atoms. The Morgan fingerprint density at radius 3 is 2.52 bits per heavy atom. The number of aliphatic hydroxyl groups is 1. The Kier molecular flexibility index (Phi) is 5.63. The van der Waals surface area contributed by atoms with Crippen LogP contribution in [0.2, 0.25) is 0 Å². The minimum absolute atomic E-state index is 0.123. The zero-order chi connectivity index (χ0) is 17.1. The van der Waals surface area contributed by atoms with Gasteiger partial charge in [-0.3, -0.25) is 0 Å². The lowest BCUT2D eigenvalue weighted by atomic mass is 9.93. The molecule has 128 valence electrons. The van der Waals surface area contributed by atoms with Crippen molar-refractivity contribution in [3.8, 4) is 0 Å². The number of carbonyl (C=O) groups excluding carboxylic acids is 1. The summed E-state index contributed by atoms with van der Waals surface area (Å²) in [7, 11) is 0. The molecule has 3 atom stereocenters. The Balaban J connectivity index is 2.02. The van der Waals surface area contributed by atoms with Gasteiger partial charge in [0.25, 0.3) is 0 Å². The summed E-state index contributed by atoms with van der Waals surface area (Å²) in [4.78, 5) is 14.2. The van der Waals surface area contributed by atoms with Gasteiger partial charge < -0.3 is 15.3 Å². The quantitative estimate of drug-likeness (QED) is 0.897. The van der Waals surface area contributed by atoms with Crippen LogP contribution < -0.4 is 5.32 Å². The van der Waals surface area contributed by atoms with Crippen LogP contribution in [-0.4, -0.2) is 35.2 Å². The molecule has 0 aliphatic carbocycles. The molecule has 1 saturated heterocycles. The van der Waals surface area contributed by atoms with Gasteiger partial charge in [-0.05, 0) is 57.2 Å². The van der Waals surface area contributed by atoms with Gasteiger partial charge in [-0.25, -0.2) is 9.18 Å². The number of amides is 2. The molecule has 4 nitrogen and oxygen atoms in total. The van der Waals surface area contributed by atoms with Crippen LogP contribution in [-0.2, 0) is 0 Å².